The number of thioether (sulfide) groups is 1. The van der Waals surface area contributed by atoms with E-state index in [1.165, 1.54) is 54.6 Å². The molecule has 2 radical (unpaired) electrons. The number of benzene rings is 1. The molecule has 0 saturated heterocycles. The van der Waals surface area contributed by atoms with Crippen LogP contribution in [0.2, 0.25) is 0 Å². The molecular formula is C20H27NS. The quantitative estimate of drug-likeness (QED) is 0.614. The van der Waals surface area contributed by atoms with Gasteiger partial charge in [-0.1, -0.05) is 64.1 Å². The van der Waals surface area contributed by atoms with Crippen molar-refractivity contribution in [2.45, 2.75) is 71.6 Å². The summed E-state index contributed by atoms with van der Waals surface area (Å²) in [5, 5.41) is 0. The average Bonchev–Trinajstić information content (AvgIpc) is 2.74. The van der Waals surface area contributed by atoms with Crippen molar-refractivity contribution >= 4 is 17.4 Å². The van der Waals surface area contributed by atoms with Gasteiger partial charge in [0.05, 0.1) is 0 Å². The number of hydrogen-bond donors (Lipinski definition) is 0. The van der Waals surface area contributed by atoms with Crippen LogP contribution in [0.15, 0.2) is 28.8 Å². The first-order valence-electron chi connectivity index (χ1n) is 8.67. The number of rotatable bonds is 3. The second kappa shape index (κ2) is 6.70. The fraction of sp³-hybridized carbons (Fsp3) is 0.550. The van der Waals surface area contributed by atoms with E-state index >= 15 is 0 Å². The normalized spacial score (nSPS) is 19.1. The highest BCUT2D eigenvalue weighted by Gasteiger charge is 2.30. The van der Waals surface area contributed by atoms with Gasteiger partial charge in [-0.15, -0.1) is 0 Å². The molecule has 1 aromatic carbocycles. The first-order valence-corrected chi connectivity index (χ1v) is 9.48. The number of nitrogens with zero attached hydrogens (tertiary/aromatic N) is 1. The molecule has 3 rings (SSSR count). The van der Waals surface area contributed by atoms with Crippen LogP contribution in [0.3, 0.4) is 0 Å². The number of hydrogen-bond acceptors (Lipinski definition) is 2. The Morgan fingerprint density at radius 1 is 0.955 bits per heavy atom. The zero-order chi connectivity index (χ0) is 15.7. The van der Waals surface area contributed by atoms with Crippen LogP contribution in [0.5, 0.6) is 0 Å². The lowest BCUT2D eigenvalue weighted by molar-refractivity contribution is 0.704. The topological polar surface area (TPSA) is 3.24 Å². The summed E-state index contributed by atoms with van der Waals surface area (Å²) in [7, 11) is 0. The SMILES string of the molecule is CC(C)c1cccc(C(C)C)c1N1[C]SC2=C1CCCCC2. The second-order valence-electron chi connectivity index (χ2n) is 7.05. The zero-order valence-corrected chi connectivity index (χ0v) is 15.1. The molecule has 1 aromatic rings. The molecule has 1 heterocycles. The molecule has 22 heavy (non-hydrogen) atoms. The maximum Gasteiger partial charge on any atom is 0.169 e. The third-order valence-electron chi connectivity index (χ3n) is 4.74. The molecule has 0 unspecified atom stereocenters. The van der Waals surface area contributed by atoms with Crippen molar-refractivity contribution in [2.24, 2.45) is 0 Å². The van der Waals surface area contributed by atoms with Crippen molar-refractivity contribution in [3.8, 4) is 0 Å². The monoisotopic (exact) mass is 313 g/mol. The van der Waals surface area contributed by atoms with Gasteiger partial charge in [-0.3, -0.25) is 0 Å². The van der Waals surface area contributed by atoms with E-state index in [1.54, 1.807) is 4.91 Å². The highest BCUT2D eigenvalue weighted by molar-refractivity contribution is 8.05. The summed E-state index contributed by atoms with van der Waals surface area (Å²) in [6.45, 7) is 9.20. The Balaban J connectivity index is 2.09. The standard InChI is InChI=1S/C20H27NS/c1-14(2)16-9-8-10-17(15(3)4)20(16)21-13-22-19-12-7-5-6-11-18(19)21/h8-10,14-15H,5-7,11-12H2,1-4H3. The first-order chi connectivity index (χ1) is 10.6. The molecule has 0 aromatic heterocycles. The lowest BCUT2D eigenvalue weighted by atomic mass is 9.91. The van der Waals surface area contributed by atoms with E-state index in [1.807, 2.05) is 11.8 Å². The van der Waals surface area contributed by atoms with Crippen LogP contribution >= 0.6 is 11.8 Å². The fourth-order valence-corrected chi connectivity index (χ4v) is 4.45. The summed E-state index contributed by atoms with van der Waals surface area (Å²) >= 11 is 1.84. The fourth-order valence-electron chi connectivity index (χ4n) is 3.49. The minimum Gasteiger partial charge on any atom is -0.322 e. The summed E-state index contributed by atoms with van der Waals surface area (Å²) < 4.78 is 0. The molecule has 0 atom stereocenters. The molecule has 118 valence electrons. The van der Waals surface area contributed by atoms with Crippen molar-refractivity contribution in [3.05, 3.63) is 45.8 Å². The van der Waals surface area contributed by atoms with Crippen LogP contribution in [0.4, 0.5) is 5.69 Å². The van der Waals surface area contributed by atoms with Gasteiger partial charge < -0.3 is 4.90 Å². The van der Waals surface area contributed by atoms with Gasteiger partial charge in [-0.25, -0.2) is 0 Å². The molecule has 1 aliphatic heterocycles. The molecule has 0 N–H and O–H groups in total. The summed E-state index contributed by atoms with van der Waals surface area (Å²) in [6.07, 6.45) is 6.47. The van der Waals surface area contributed by atoms with E-state index < -0.39 is 0 Å². The van der Waals surface area contributed by atoms with Gasteiger partial charge >= 0.3 is 0 Å². The van der Waals surface area contributed by atoms with Gasteiger partial charge in [0.25, 0.3) is 0 Å². The first kappa shape index (κ1) is 16.0. The van der Waals surface area contributed by atoms with E-state index in [0.29, 0.717) is 11.8 Å². The molecule has 2 heteroatoms. The van der Waals surface area contributed by atoms with Crippen molar-refractivity contribution in [3.63, 3.8) is 0 Å². The maximum absolute atomic E-state index is 3.61. The Labute approximate surface area is 140 Å². The van der Waals surface area contributed by atoms with Gasteiger partial charge in [0.1, 0.15) is 0 Å². The summed E-state index contributed by atoms with van der Waals surface area (Å²) in [5.41, 5.74) is 5.85. The summed E-state index contributed by atoms with van der Waals surface area (Å²) in [5.74, 6) is 4.68. The lowest BCUT2D eigenvalue weighted by Gasteiger charge is -2.29. The van der Waals surface area contributed by atoms with Crippen molar-refractivity contribution in [2.75, 3.05) is 4.90 Å². The molecule has 2 aliphatic rings. The summed E-state index contributed by atoms with van der Waals surface area (Å²) in [6, 6.07) is 6.82. The Morgan fingerprint density at radius 3 is 2.23 bits per heavy atom. The van der Waals surface area contributed by atoms with Crippen LogP contribution < -0.4 is 4.90 Å². The Kier molecular flexibility index (Phi) is 4.87. The Morgan fingerprint density at radius 2 is 1.59 bits per heavy atom. The van der Waals surface area contributed by atoms with Crippen LogP contribution in [-0.4, -0.2) is 0 Å². The van der Waals surface area contributed by atoms with E-state index in [9.17, 15) is 0 Å². The number of allylic oxidation sites excluding steroid dienone is 2. The van der Waals surface area contributed by atoms with Crippen LogP contribution in [-0.2, 0) is 0 Å². The van der Waals surface area contributed by atoms with E-state index in [2.05, 4.69) is 56.7 Å². The van der Waals surface area contributed by atoms with Crippen LogP contribution in [0.25, 0.3) is 0 Å². The second-order valence-corrected chi connectivity index (χ2v) is 7.93. The van der Waals surface area contributed by atoms with Gasteiger partial charge in [-0.2, -0.15) is 0 Å². The molecule has 0 spiro atoms. The molecule has 0 fully saturated rings. The number of para-hydroxylation sites is 1. The zero-order valence-electron chi connectivity index (χ0n) is 14.3. The van der Waals surface area contributed by atoms with Crippen molar-refractivity contribution < 1.29 is 0 Å². The Hall–Kier alpha value is -0.890. The third kappa shape index (κ3) is 2.95. The van der Waals surface area contributed by atoms with E-state index in [-0.39, 0.29) is 0 Å². The minimum absolute atomic E-state index is 0.538. The largest absolute Gasteiger partial charge is 0.322 e. The highest BCUT2D eigenvalue weighted by Crippen LogP contribution is 2.48. The maximum atomic E-state index is 3.61. The summed E-state index contributed by atoms with van der Waals surface area (Å²) in [4.78, 5) is 3.97. The number of anilines is 1. The van der Waals surface area contributed by atoms with Gasteiger partial charge in [0, 0.05) is 16.3 Å². The molecule has 0 amide bonds. The lowest BCUT2D eigenvalue weighted by Crippen LogP contribution is -2.19. The molecule has 0 saturated carbocycles. The highest BCUT2D eigenvalue weighted by atomic mass is 32.2. The Bertz CT molecular complexity index is 545. The molecular weight excluding hydrogens is 286 g/mol. The predicted molar refractivity (Wildman–Crippen MR) is 98.0 cm³/mol. The van der Waals surface area contributed by atoms with E-state index in [0.717, 1.165) is 0 Å². The van der Waals surface area contributed by atoms with Crippen molar-refractivity contribution in [1.82, 2.24) is 0 Å². The third-order valence-corrected chi connectivity index (χ3v) is 5.70. The van der Waals surface area contributed by atoms with Crippen LogP contribution in [0, 0.1) is 5.88 Å². The minimum atomic E-state index is 0.538. The van der Waals surface area contributed by atoms with Crippen LogP contribution in [0.1, 0.15) is 82.8 Å². The molecule has 1 nitrogen and oxygen atoms in total. The molecule has 0 bridgehead atoms. The molecule has 1 aliphatic carbocycles. The van der Waals surface area contributed by atoms with E-state index in [4.69, 9.17) is 0 Å². The van der Waals surface area contributed by atoms with Gasteiger partial charge in [-0.05, 0) is 48.6 Å². The van der Waals surface area contributed by atoms with Crippen molar-refractivity contribution in [1.29, 1.82) is 0 Å². The smallest absolute Gasteiger partial charge is 0.169 e. The van der Waals surface area contributed by atoms with Gasteiger partial charge in [0.2, 0.25) is 0 Å². The predicted octanol–water partition coefficient (Wildman–Crippen LogP) is 6.66. The van der Waals surface area contributed by atoms with Gasteiger partial charge in [0.15, 0.2) is 5.88 Å². The average molecular weight is 314 g/mol.